The van der Waals surface area contributed by atoms with Gasteiger partial charge in [0.05, 0.1) is 11.1 Å². The third kappa shape index (κ3) is 5.38. The smallest absolute Gasteiger partial charge is 0.132 e. The van der Waals surface area contributed by atoms with Crippen LogP contribution in [0.4, 0.5) is 17.1 Å². The van der Waals surface area contributed by atoms with Crippen molar-refractivity contribution in [1.29, 1.82) is 0 Å². The Morgan fingerprint density at radius 2 is 0.925 bits per heavy atom. The van der Waals surface area contributed by atoms with E-state index < -0.39 is 5.41 Å². The Balaban J connectivity index is 1.07. The molecule has 2 aliphatic carbocycles. The highest BCUT2D eigenvalue weighted by Gasteiger charge is 2.51. The number of hydrogen-bond acceptors (Lipinski definition) is 3. The summed E-state index contributed by atoms with van der Waals surface area (Å²) in [4.78, 5) is 2.53. The zero-order valence-electron chi connectivity index (χ0n) is 37.1. The Bertz CT molecular complexity index is 3790. The molecule has 2 nitrogen and oxygen atoms in total. The fourth-order valence-corrected chi connectivity index (χ4v) is 13.1. The molecule has 0 N–H and O–H groups in total. The predicted molar refractivity (Wildman–Crippen MR) is 280 cm³/mol. The van der Waals surface area contributed by atoms with Crippen LogP contribution in [0, 0.1) is 0 Å². The van der Waals surface area contributed by atoms with Gasteiger partial charge < -0.3 is 9.64 Å². The lowest BCUT2D eigenvalue weighted by atomic mass is 9.66. The SMILES string of the molecule is CC1(C)c2ccccc2-c2ccc(N(c3ccc4c(c3)C3(c5ccccc5O4)c4ccccc4-c4ccccc43)c3cc(-c4cccc5sc6ccccc6c45)ccc3-c3ccccc3)cc21. The Hall–Kier alpha value is -7.98. The number of para-hydroxylation sites is 1. The maximum absolute atomic E-state index is 6.98. The summed E-state index contributed by atoms with van der Waals surface area (Å²) >= 11 is 1.87. The normalized spacial score (nSPS) is 14.2. The fraction of sp³-hybridized carbons (Fsp3) is 0.0625. The molecule has 0 saturated heterocycles. The summed E-state index contributed by atoms with van der Waals surface area (Å²) in [7, 11) is 0. The van der Waals surface area contributed by atoms with Crippen LogP contribution in [0.15, 0.2) is 224 Å². The monoisotopic (exact) mass is 873 g/mol. The van der Waals surface area contributed by atoms with Crippen LogP contribution < -0.4 is 9.64 Å². The lowest BCUT2D eigenvalue weighted by molar-refractivity contribution is 0.436. The zero-order chi connectivity index (χ0) is 44.4. The van der Waals surface area contributed by atoms with Crippen molar-refractivity contribution in [1.82, 2.24) is 0 Å². The molecular formula is C64H43NOS. The molecule has 0 amide bonds. The Labute approximate surface area is 394 Å². The molecule has 0 bridgehead atoms. The van der Waals surface area contributed by atoms with Gasteiger partial charge in [-0.25, -0.2) is 0 Å². The van der Waals surface area contributed by atoms with E-state index in [0.717, 1.165) is 50.8 Å². The van der Waals surface area contributed by atoms with Crippen LogP contribution >= 0.6 is 11.3 Å². The van der Waals surface area contributed by atoms with Crippen LogP contribution in [0.5, 0.6) is 11.5 Å². The number of nitrogens with zero attached hydrogens (tertiary/aromatic N) is 1. The van der Waals surface area contributed by atoms with Crippen molar-refractivity contribution in [3.63, 3.8) is 0 Å². The van der Waals surface area contributed by atoms with Crippen LogP contribution in [-0.4, -0.2) is 0 Å². The van der Waals surface area contributed by atoms with E-state index in [4.69, 9.17) is 4.74 Å². The van der Waals surface area contributed by atoms with Crippen molar-refractivity contribution in [2.24, 2.45) is 0 Å². The molecule has 0 radical (unpaired) electrons. The van der Waals surface area contributed by atoms with Crippen molar-refractivity contribution < 1.29 is 4.74 Å². The van der Waals surface area contributed by atoms with Crippen LogP contribution in [-0.2, 0) is 10.8 Å². The lowest BCUT2D eigenvalue weighted by Gasteiger charge is -2.40. The maximum Gasteiger partial charge on any atom is 0.132 e. The van der Waals surface area contributed by atoms with Gasteiger partial charge >= 0.3 is 0 Å². The quantitative estimate of drug-likeness (QED) is 0.171. The third-order valence-electron chi connectivity index (χ3n) is 15.0. The summed E-state index contributed by atoms with van der Waals surface area (Å²) in [5, 5.41) is 2.59. The molecule has 1 aromatic heterocycles. The first kappa shape index (κ1) is 38.3. The van der Waals surface area contributed by atoms with Gasteiger partial charge in [-0.05, 0) is 116 Å². The average Bonchev–Trinajstić information content (AvgIpc) is 3.98. The molecule has 2 heterocycles. The second-order valence-corrected chi connectivity index (χ2v) is 19.8. The number of hydrogen-bond donors (Lipinski definition) is 0. The molecule has 3 aliphatic rings. The van der Waals surface area contributed by atoms with Crippen molar-refractivity contribution in [3.8, 4) is 56.0 Å². The highest BCUT2D eigenvalue weighted by atomic mass is 32.1. The Morgan fingerprint density at radius 1 is 0.373 bits per heavy atom. The zero-order valence-corrected chi connectivity index (χ0v) is 37.9. The van der Waals surface area contributed by atoms with Gasteiger partial charge in [0.15, 0.2) is 0 Å². The molecule has 3 heteroatoms. The first-order valence-corrected chi connectivity index (χ1v) is 24.1. The standard InChI is InChI=1S/C64H43NOS/c1-63(2)51-24-10-6-19-46(51)49-35-32-42(38-55(49)63)65(57-37-41(31-34-44(57)40-17-4-3-5-18-40)45-23-16-30-61-62(45)50-22-9-15-29-60(50)67-61)43-33-36-59-56(39-43)64(54-27-13-14-28-58(54)66-59)52-25-11-7-20-47(52)48-21-8-12-26-53(48)64/h3-39H,1-2H3. The van der Waals surface area contributed by atoms with Gasteiger partial charge in [0, 0.05) is 53.7 Å². The second kappa shape index (κ2) is 14.3. The molecule has 0 unspecified atom stereocenters. The van der Waals surface area contributed by atoms with Gasteiger partial charge in [0.25, 0.3) is 0 Å². The lowest BCUT2D eigenvalue weighted by Crippen LogP contribution is -2.32. The summed E-state index contributed by atoms with van der Waals surface area (Å²) in [6, 6.07) is 83.2. The molecule has 67 heavy (non-hydrogen) atoms. The van der Waals surface area contributed by atoms with E-state index in [9.17, 15) is 0 Å². The molecule has 1 spiro atoms. The molecule has 10 aromatic carbocycles. The fourth-order valence-electron chi connectivity index (χ4n) is 12.0. The first-order valence-electron chi connectivity index (χ1n) is 23.2. The minimum atomic E-state index is -0.611. The highest BCUT2D eigenvalue weighted by Crippen LogP contribution is 2.63. The summed E-state index contributed by atoms with van der Waals surface area (Å²) < 4.78 is 9.58. The van der Waals surface area contributed by atoms with Crippen LogP contribution in [0.3, 0.4) is 0 Å². The van der Waals surface area contributed by atoms with Gasteiger partial charge in [0.2, 0.25) is 0 Å². The van der Waals surface area contributed by atoms with Gasteiger partial charge in [-0.1, -0.05) is 184 Å². The molecule has 316 valence electrons. The van der Waals surface area contributed by atoms with Gasteiger partial charge in [-0.3, -0.25) is 0 Å². The van der Waals surface area contributed by atoms with E-state index in [-0.39, 0.29) is 5.41 Å². The number of thiophene rings is 1. The number of ether oxygens (including phenoxy) is 1. The van der Waals surface area contributed by atoms with Crippen molar-refractivity contribution in [2.75, 3.05) is 4.90 Å². The van der Waals surface area contributed by atoms with E-state index in [0.29, 0.717) is 0 Å². The van der Waals surface area contributed by atoms with E-state index in [1.54, 1.807) is 0 Å². The van der Waals surface area contributed by atoms with Crippen molar-refractivity contribution >= 4 is 48.6 Å². The molecule has 0 fully saturated rings. The first-order chi connectivity index (χ1) is 33.0. The number of fused-ring (bicyclic) bond motifs is 15. The minimum absolute atomic E-state index is 0.192. The maximum atomic E-state index is 6.98. The van der Waals surface area contributed by atoms with E-state index in [1.807, 2.05) is 11.3 Å². The summed E-state index contributed by atoms with van der Waals surface area (Å²) in [6.45, 7) is 4.75. The molecule has 0 atom stereocenters. The van der Waals surface area contributed by atoms with E-state index >= 15 is 0 Å². The van der Waals surface area contributed by atoms with Crippen molar-refractivity contribution in [2.45, 2.75) is 24.7 Å². The summed E-state index contributed by atoms with van der Waals surface area (Å²) in [6.07, 6.45) is 0. The Kier molecular flexibility index (Phi) is 8.15. The summed E-state index contributed by atoms with van der Waals surface area (Å²) in [5.74, 6) is 1.76. The topological polar surface area (TPSA) is 12.5 Å². The molecule has 14 rings (SSSR count). The van der Waals surface area contributed by atoms with Crippen molar-refractivity contribution in [3.05, 3.63) is 258 Å². The van der Waals surface area contributed by atoms with Crippen LogP contribution in [0.25, 0.3) is 64.7 Å². The van der Waals surface area contributed by atoms with Gasteiger partial charge in [-0.15, -0.1) is 11.3 Å². The number of rotatable bonds is 5. The minimum Gasteiger partial charge on any atom is -0.457 e. The Morgan fingerprint density at radius 3 is 1.70 bits per heavy atom. The molecule has 11 aromatic rings. The van der Waals surface area contributed by atoms with E-state index in [1.165, 1.54) is 75.8 Å². The summed E-state index contributed by atoms with van der Waals surface area (Å²) in [5.41, 5.74) is 19.8. The van der Waals surface area contributed by atoms with E-state index in [2.05, 4.69) is 243 Å². The highest BCUT2D eigenvalue weighted by molar-refractivity contribution is 7.25. The average molecular weight is 874 g/mol. The second-order valence-electron chi connectivity index (χ2n) is 18.7. The van der Waals surface area contributed by atoms with Gasteiger partial charge in [-0.2, -0.15) is 0 Å². The number of benzene rings is 10. The van der Waals surface area contributed by atoms with Crippen LogP contribution in [0.2, 0.25) is 0 Å². The molecule has 1 aliphatic heterocycles. The molecular weight excluding hydrogens is 831 g/mol. The molecule has 0 saturated carbocycles. The van der Waals surface area contributed by atoms with Gasteiger partial charge in [0.1, 0.15) is 11.5 Å². The largest absolute Gasteiger partial charge is 0.457 e. The number of anilines is 3. The third-order valence-corrected chi connectivity index (χ3v) is 16.1. The van der Waals surface area contributed by atoms with Crippen LogP contribution in [0.1, 0.15) is 47.2 Å². The predicted octanol–water partition coefficient (Wildman–Crippen LogP) is 17.6.